The average molecular weight is 279 g/mol. The highest BCUT2D eigenvalue weighted by atomic mass is 32.1. The Morgan fingerprint density at radius 1 is 1.63 bits per heavy atom. The molecule has 0 aromatic carbocycles. The van der Waals surface area contributed by atoms with E-state index in [1.165, 1.54) is 18.4 Å². The highest BCUT2D eigenvalue weighted by Gasteiger charge is 2.45. The Morgan fingerprint density at radius 3 is 3.11 bits per heavy atom. The van der Waals surface area contributed by atoms with Crippen LogP contribution in [0.1, 0.15) is 42.7 Å². The fourth-order valence-corrected chi connectivity index (χ4v) is 4.16. The molecule has 0 radical (unpaired) electrons. The van der Waals surface area contributed by atoms with E-state index in [1.54, 1.807) is 4.88 Å². The van der Waals surface area contributed by atoms with Gasteiger partial charge in [0.05, 0.1) is 0 Å². The predicted octanol–water partition coefficient (Wildman–Crippen LogP) is 2.58. The molecule has 104 valence electrons. The molecule has 1 aromatic rings. The van der Waals surface area contributed by atoms with Crippen molar-refractivity contribution in [3.63, 3.8) is 0 Å². The fraction of sp³-hybridized carbons (Fsp3) is 0.643. The van der Waals surface area contributed by atoms with E-state index in [9.17, 15) is 0 Å². The Morgan fingerprint density at radius 2 is 2.42 bits per heavy atom. The van der Waals surface area contributed by atoms with Gasteiger partial charge in [-0.1, -0.05) is 5.16 Å². The number of rotatable bonds is 4. The van der Waals surface area contributed by atoms with Gasteiger partial charge in [0.15, 0.2) is 0 Å². The second-order valence-electron chi connectivity index (χ2n) is 5.96. The first-order chi connectivity index (χ1) is 9.13. The molecule has 0 bridgehead atoms. The van der Waals surface area contributed by atoms with Crippen LogP contribution < -0.4 is 5.73 Å². The summed E-state index contributed by atoms with van der Waals surface area (Å²) in [6.45, 7) is 4.50. The molecular weight excluding hydrogens is 258 g/mol. The van der Waals surface area contributed by atoms with Gasteiger partial charge < -0.3 is 10.9 Å². The first-order valence-corrected chi connectivity index (χ1v) is 7.78. The largest absolute Gasteiger partial charge is 0.409 e. The van der Waals surface area contributed by atoms with E-state index in [2.05, 4.69) is 28.4 Å². The number of thiophene rings is 1. The Kier molecular flexibility index (Phi) is 3.27. The van der Waals surface area contributed by atoms with Crippen LogP contribution in [-0.2, 0) is 6.42 Å². The lowest BCUT2D eigenvalue weighted by Gasteiger charge is -2.36. The van der Waals surface area contributed by atoms with Gasteiger partial charge in [-0.2, -0.15) is 0 Å². The van der Waals surface area contributed by atoms with Crippen molar-refractivity contribution < 1.29 is 5.21 Å². The second kappa shape index (κ2) is 4.80. The van der Waals surface area contributed by atoms with E-state index in [-0.39, 0.29) is 5.41 Å². The van der Waals surface area contributed by atoms with Gasteiger partial charge in [-0.25, -0.2) is 0 Å². The van der Waals surface area contributed by atoms with Crippen LogP contribution in [0.15, 0.2) is 16.6 Å². The number of oxime groups is 1. The van der Waals surface area contributed by atoms with Crippen LogP contribution in [0.4, 0.5) is 0 Å². The van der Waals surface area contributed by atoms with Gasteiger partial charge in [-0.3, -0.25) is 4.90 Å². The zero-order valence-electron chi connectivity index (χ0n) is 11.3. The number of nitrogens with two attached hydrogens (primary N) is 1. The van der Waals surface area contributed by atoms with Crippen LogP contribution in [0.25, 0.3) is 0 Å². The minimum Gasteiger partial charge on any atom is -0.409 e. The number of fused-ring (bicyclic) bond motifs is 1. The molecule has 0 saturated heterocycles. The van der Waals surface area contributed by atoms with Gasteiger partial charge in [0.25, 0.3) is 0 Å². The van der Waals surface area contributed by atoms with Crippen molar-refractivity contribution in [2.75, 3.05) is 13.1 Å². The van der Waals surface area contributed by atoms with Crippen LogP contribution in [-0.4, -0.2) is 29.0 Å². The molecule has 2 heterocycles. The standard InChI is InChI=1S/C14H21N3OS/c1-10-11-3-7-19-12(11)2-6-17(10)9-14(4-5-14)8-13(15)16-18/h3,7,10,18H,2,4-6,8-9H2,1H3,(H2,15,16). The third kappa shape index (κ3) is 2.49. The van der Waals surface area contributed by atoms with Crippen molar-refractivity contribution in [1.29, 1.82) is 0 Å². The summed E-state index contributed by atoms with van der Waals surface area (Å²) in [5.74, 6) is 0.374. The molecule has 4 nitrogen and oxygen atoms in total. The summed E-state index contributed by atoms with van der Waals surface area (Å²) in [4.78, 5) is 4.11. The molecule has 2 aliphatic rings. The van der Waals surface area contributed by atoms with E-state index in [4.69, 9.17) is 10.9 Å². The van der Waals surface area contributed by atoms with Gasteiger partial charge in [-0.05, 0) is 48.6 Å². The normalized spacial score (nSPS) is 26.2. The molecule has 5 heteroatoms. The maximum atomic E-state index is 8.74. The van der Waals surface area contributed by atoms with Crippen molar-refractivity contribution in [3.8, 4) is 0 Å². The molecule has 1 saturated carbocycles. The van der Waals surface area contributed by atoms with Crippen LogP contribution in [0, 0.1) is 5.41 Å². The maximum absolute atomic E-state index is 8.74. The molecule has 19 heavy (non-hydrogen) atoms. The van der Waals surface area contributed by atoms with Crippen molar-refractivity contribution in [3.05, 3.63) is 21.9 Å². The van der Waals surface area contributed by atoms with E-state index < -0.39 is 0 Å². The molecule has 0 amide bonds. The highest BCUT2D eigenvalue weighted by molar-refractivity contribution is 7.10. The van der Waals surface area contributed by atoms with Crippen molar-refractivity contribution in [1.82, 2.24) is 4.90 Å². The Hall–Kier alpha value is -1.07. The van der Waals surface area contributed by atoms with Crippen LogP contribution in [0.3, 0.4) is 0 Å². The lowest BCUT2D eigenvalue weighted by Crippen LogP contribution is -2.38. The monoisotopic (exact) mass is 279 g/mol. The molecule has 3 N–H and O–H groups in total. The lowest BCUT2D eigenvalue weighted by atomic mass is 9.96. The molecule has 0 spiro atoms. The summed E-state index contributed by atoms with van der Waals surface area (Å²) >= 11 is 1.88. The Balaban J connectivity index is 1.68. The number of nitrogens with zero attached hydrogens (tertiary/aromatic N) is 2. The van der Waals surface area contributed by atoms with Gasteiger partial charge >= 0.3 is 0 Å². The van der Waals surface area contributed by atoms with Gasteiger partial charge in [0, 0.05) is 30.4 Å². The third-order valence-corrected chi connectivity index (χ3v) is 5.58. The van der Waals surface area contributed by atoms with E-state index in [0.717, 1.165) is 25.9 Å². The first kappa shape index (κ1) is 12.9. The van der Waals surface area contributed by atoms with Crippen molar-refractivity contribution >= 4 is 17.2 Å². The van der Waals surface area contributed by atoms with Gasteiger partial charge in [0.2, 0.25) is 0 Å². The molecular formula is C14H21N3OS. The molecule has 1 atom stereocenters. The zero-order chi connectivity index (χ0) is 13.5. The highest BCUT2D eigenvalue weighted by Crippen LogP contribution is 2.50. The van der Waals surface area contributed by atoms with Crippen LogP contribution in [0.5, 0.6) is 0 Å². The fourth-order valence-electron chi connectivity index (χ4n) is 3.20. The molecule has 1 unspecified atom stereocenters. The smallest absolute Gasteiger partial charge is 0.139 e. The molecule has 3 rings (SSSR count). The summed E-state index contributed by atoms with van der Waals surface area (Å²) in [6.07, 6.45) is 4.28. The number of hydrogen-bond donors (Lipinski definition) is 2. The van der Waals surface area contributed by atoms with Crippen LogP contribution >= 0.6 is 11.3 Å². The van der Waals surface area contributed by atoms with E-state index in [1.807, 2.05) is 11.3 Å². The average Bonchev–Trinajstić information content (AvgIpc) is 2.97. The summed E-state index contributed by atoms with van der Waals surface area (Å²) in [7, 11) is 0. The second-order valence-corrected chi connectivity index (χ2v) is 6.96. The van der Waals surface area contributed by atoms with E-state index in [0.29, 0.717) is 11.9 Å². The summed E-state index contributed by atoms with van der Waals surface area (Å²) in [5.41, 5.74) is 7.44. The summed E-state index contributed by atoms with van der Waals surface area (Å²) in [5, 5.41) is 14.1. The zero-order valence-corrected chi connectivity index (χ0v) is 12.1. The number of hydrogen-bond acceptors (Lipinski definition) is 4. The molecule has 1 aliphatic carbocycles. The topological polar surface area (TPSA) is 61.8 Å². The Bertz CT molecular complexity index is 493. The van der Waals surface area contributed by atoms with Crippen molar-refractivity contribution in [2.45, 2.75) is 38.6 Å². The predicted molar refractivity (Wildman–Crippen MR) is 77.7 cm³/mol. The molecule has 1 aliphatic heterocycles. The minimum atomic E-state index is 0.262. The van der Waals surface area contributed by atoms with Crippen molar-refractivity contribution in [2.24, 2.45) is 16.3 Å². The third-order valence-electron chi connectivity index (χ3n) is 4.58. The summed E-state index contributed by atoms with van der Waals surface area (Å²) < 4.78 is 0. The quantitative estimate of drug-likeness (QED) is 0.385. The van der Waals surface area contributed by atoms with Gasteiger partial charge in [-0.15, -0.1) is 11.3 Å². The van der Waals surface area contributed by atoms with Crippen LogP contribution in [0.2, 0.25) is 0 Å². The number of amidine groups is 1. The van der Waals surface area contributed by atoms with Gasteiger partial charge in [0.1, 0.15) is 5.84 Å². The molecule has 1 aromatic heterocycles. The maximum Gasteiger partial charge on any atom is 0.139 e. The lowest BCUT2D eigenvalue weighted by molar-refractivity contribution is 0.161. The minimum absolute atomic E-state index is 0.262. The summed E-state index contributed by atoms with van der Waals surface area (Å²) in [6, 6.07) is 2.76. The SMILES string of the molecule is CC1c2ccsc2CCN1CC1(CC(N)=NO)CC1. The Labute approximate surface area is 117 Å². The first-order valence-electron chi connectivity index (χ1n) is 6.90. The van der Waals surface area contributed by atoms with E-state index >= 15 is 0 Å². The molecule has 1 fully saturated rings.